The summed E-state index contributed by atoms with van der Waals surface area (Å²) >= 11 is 10.5. The van der Waals surface area contributed by atoms with Gasteiger partial charge in [0.05, 0.1) is 11.3 Å². The number of hydrogen-bond acceptors (Lipinski definition) is 6. The SMILES string of the molecule is Cc1ccc(NC(=O)CSc2nc3ccsc3c(=O)n2CCc2cccs2)cc1Cl. The summed E-state index contributed by atoms with van der Waals surface area (Å²) in [5.41, 5.74) is 2.21. The van der Waals surface area contributed by atoms with Gasteiger partial charge < -0.3 is 5.32 Å². The highest BCUT2D eigenvalue weighted by Crippen LogP contribution is 2.23. The molecule has 5 nitrogen and oxygen atoms in total. The number of nitrogens with one attached hydrogen (secondary N) is 1. The molecule has 0 aliphatic heterocycles. The highest BCUT2D eigenvalue weighted by molar-refractivity contribution is 7.99. The molecule has 1 N–H and O–H groups in total. The number of hydrogen-bond donors (Lipinski definition) is 1. The zero-order chi connectivity index (χ0) is 21.1. The Kier molecular flexibility index (Phi) is 6.58. The molecule has 0 spiro atoms. The highest BCUT2D eigenvalue weighted by Gasteiger charge is 2.15. The predicted octanol–water partition coefficient (Wildman–Crippen LogP) is 5.45. The van der Waals surface area contributed by atoms with Gasteiger partial charge in [0.15, 0.2) is 5.16 Å². The van der Waals surface area contributed by atoms with Crippen LogP contribution in [0.2, 0.25) is 5.02 Å². The van der Waals surface area contributed by atoms with Gasteiger partial charge in [-0.3, -0.25) is 14.2 Å². The largest absolute Gasteiger partial charge is 0.325 e. The van der Waals surface area contributed by atoms with Gasteiger partial charge in [-0.1, -0.05) is 35.5 Å². The number of aryl methyl sites for hydroxylation is 2. The van der Waals surface area contributed by atoms with Crippen LogP contribution >= 0.6 is 46.0 Å². The van der Waals surface area contributed by atoms with E-state index in [0.29, 0.717) is 32.6 Å². The first-order valence-corrected chi connectivity index (χ1v) is 12.3. The average molecular weight is 476 g/mol. The number of thioether (sulfide) groups is 1. The molecule has 0 bridgehead atoms. The van der Waals surface area contributed by atoms with Crippen molar-refractivity contribution in [1.82, 2.24) is 9.55 Å². The highest BCUT2D eigenvalue weighted by atomic mass is 35.5. The molecule has 4 rings (SSSR count). The van der Waals surface area contributed by atoms with Crippen molar-refractivity contribution in [3.63, 3.8) is 0 Å². The molecule has 1 amide bonds. The maximum atomic E-state index is 13.0. The van der Waals surface area contributed by atoms with E-state index in [-0.39, 0.29) is 17.2 Å². The predicted molar refractivity (Wildman–Crippen MR) is 127 cm³/mol. The Balaban J connectivity index is 1.51. The summed E-state index contributed by atoms with van der Waals surface area (Å²) < 4.78 is 2.32. The summed E-state index contributed by atoms with van der Waals surface area (Å²) in [5.74, 6) is -0.0311. The molecule has 30 heavy (non-hydrogen) atoms. The van der Waals surface area contributed by atoms with Gasteiger partial charge in [0.2, 0.25) is 5.91 Å². The van der Waals surface area contributed by atoms with Gasteiger partial charge in [0.25, 0.3) is 5.56 Å². The van der Waals surface area contributed by atoms with Gasteiger partial charge in [-0.25, -0.2) is 4.98 Å². The number of halogens is 1. The molecule has 0 saturated carbocycles. The maximum Gasteiger partial charge on any atom is 0.272 e. The Hall–Kier alpha value is -2.13. The quantitative estimate of drug-likeness (QED) is 0.285. The second-order valence-corrected chi connectivity index (χ2v) is 9.91. The molecule has 0 fully saturated rings. The van der Waals surface area contributed by atoms with Crippen molar-refractivity contribution in [2.24, 2.45) is 0 Å². The second kappa shape index (κ2) is 9.34. The van der Waals surface area contributed by atoms with Crippen LogP contribution in [0.1, 0.15) is 10.4 Å². The minimum absolute atomic E-state index is 0.0558. The molecule has 0 aliphatic carbocycles. The minimum atomic E-state index is -0.176. The fraction of sp³-hybridized carbons (Fsp3) is 0.190. The molecule has 3 heterocycles. The van der Waals surface area contributed by atoms with Crippen molar-refractivity contribution >= 4 is 67.8 Å². The van der Waals surface area contributed by atoms with E-state index < -0.39 is 0 Å². The van der Waals surface area contributed by atoms with Crippen LogP contribution in [0.15, 0.2) is 57.1 Å². The third-order valence-corrected chi connectivity index (χ3v) is 7.69. The maximum absolute atomic E-state index is 13.0. The van der Waals surface area contributed by atoms with Crippen LogP contribution in [0.25, 0.3) is 10.2 Å². The second-order valence-electron chi connectivity index (χ2n) is 6.62. The number of carbonyl (C=O) groups is 1. The molecule has 9 heteroatoms. The number of carbonyl (C=O) groups excluding carboxylic acids is 1. The molecule has 0 atom stereocenters. The van der Waals surface area contributed by atoms with Crippen molar-refractivity contribution < 1.29 is 4.79 Å². The monoisotopic (exact) mass is 475 g/mol. The summed E-state index contributed by atoms with van der Waals surface area (Å²) in [7, 11) is 0. The lowest BCUT2D eigenvalue weighted by Crippen LogP contribution is -2.24. The summed E-state index contributed by atoms with van der Waals surface area (Å²) in [6.45, 7) is 2.43. The average Bonchev–Trinajstić information content (AvgIpc) is 3.40. The minimum Gasteiger partial charge on any atom is -0.325 e. The lowest BCUT2D eigenvalue weighted by atomic mass is 10.2. The van der Waals surface area contributed by atoms with Gasteiger partial charge in [-0.05, 0) is 53.9 Å². The summed E-state index contributed by atoms with van der Waals surface area (Å²) in [4.78, 5) is 31.3. The van der Waals surface area contributed by atoms with Crippen molar-refractivity contribution in [3.8, 4) is 0 Å². The Morgan fingerprint density at radius 1 is 1.23 bits per heavy atom. The van der Waals surface area contributed by atoms with E-state index in [2.05, 4.69) is 16.4 Å². The Labute approximate surface area is 190 Å². The Bertz CT molecular complexity index is 1250. The van der Waals surface area contributed by atoms with Crippen LogP contribution in [-0.2, 0) is 17.8 Å². The summed E-state index contributed by atoms with van der Waals surface area (Å²) in [6, 6.07) is 11.3. The zero-order valence-corrected chi connectivity index (χ0v) is 19.3. The van der Waals surface area contributed by atoms with Gasteiger partial charge in [-0.2, -0.15) is 0 Å². The van der Waals surface area contributed by atoms with Crippen LogP contribution in [-0.4, -0.2) is 21.2 Å². The summed E-state index contributed by atoms with van der Waals surface area (Å²) in [5, 5.41) is 7.89. The molecule has 1 aromatic carbocycles. The van der Waals surface area contributed by atoms with Gasteiger partial charge in [0, 0.05) is 22.1 Å². The normalized spacial score (nSPS) is 11.1. The van der Waals surface area contributed by atoms with E-state index in [1.807, 2.05) is 41.9 Å². The molecule has 0 saturated heterocycles. The number of thiophene rings is 2. The van der Waals surface area contributed by atoms with Crippen LogP contribution in [0.3, 0.4) is 0 Å². The third kappa shape index (κ3) is 4.78. The van der Waals surface area contributed by atoms with Crippen molar-refractivity contribution in [2.75, 3.05) is 11.1 Å². The molecule has 0 unspecified atom stereocenters. The van der Waals surface area contributed by atoms with E-state index in [0.717, 1.165) is 12.0 Å². The lowest BCUT2D eigenvalue weighted by Gasteiger charge is -2.12. The van der Waals surface area contributed by atoms with E-state index >= 15 is 0 Å². The van der Waals surface area contributed by atoms with E-state index in [1.54, 1.807) is 22.0 Å². The smallest absolute Gasteiger partial charge is 0.272 e. The molecular formula is C21H18ClN3O2S3. The number of benzene rings is 1. The fourth-order valence-electron chi connectivity index (χ4n) is 2.91. The number of fused-ring (bicyclic) bond motifs is 1. The van der Waals surface area contributed by atoms with Gasteiger partial charge in [0.1, 0.15) is 4.70 Å². The fourth-order valence-corrected chi connectivity index (χ4v) is 5.39. The van der Waals surface area contributed by atoms with Crippen molar-refractivity contribution in [3.05, 3.63) is 73.0 Å². The number of aromatic nitrogens is 2. The standard InChI is InChI=1S/C21H18ClN3O2S3/c1-13-4-5-14(11-16(13)22)23-18(26)12-30-21-24-17-7-10-29-19(17)20(27)25(21)8-6-15-3-2-9-28-15/h2-5,7,9-11H,6,8,12H2,1H3,(H,23,26). The van der Waals surface area contributed by atoms with Gasteiger partial charge in [-0.15, -0.1) is 22.7 Å². The number of rotatable bonds is 7. The Morgan fingerprint density at radius 3 is 2.87 bits per heavy atom. The molecular weight excluding hydrogens is 458 g/mol. The number of anilines is 1. The first kappa shape index (κ1) is 21.1. The number of amides is 1. The molecule has 0 aliphatic rings. The van der Waals surface area contributed by atoms with Crippen LogP contribution in [0, 0.1) is 6.92 Å². The lowest BCUT2D eigenvalue weighted by molar-refractivity contribution is -0.113. The van der Waals surface area contributed by atoms with Crippen LogP contribution in [0.4, 0.5) is 5.69 Å². The molecule has 3 aromatic heterocycles. The first-order chi connectivity index (χ1) is 14.5. The molecule has 4 aromatic rings. The number of nitrogens with zero attached hydrogens (tertiary/aromatic N) is 2. The Morgan fingerprint density at radius 2 is 2.10 bits per heavy atom. The molecule has 0 radical (unpaired) electrons. The topological polar surface area (TPSA) is 64.0 Å². The van der Waals surface area contributed by atoms with E-state index in [4.69, 9.17) is 11.6 Å². The van der Waals surface area contributed by atoms with Crippen LogP contribution in [0.5, 0.6) is 0 Å². The van der Waals surface area contributed by atoms with Gasteiger partial charge >= 0.3 is 0 Å². The third-order valence-electron chi connectivity index (χ3n) is 4.48. The van der Waals surface area contributed by atoms with E-state index in [1.165, 1.54) is 28.0 Å². The summed E-state index contributed by atoms with van der Waals surface area (Å²) in [6.07, 6.45) is 0.748. The zero-order valence-electron chi connectivity index (χ0n) is 16.1. The van der Waals surface area contributed by atoms with Crippen molar-refractivity contribution in [2.45, 2.75) is 25.0 Å². The van der Waals surface area contributed by atoms with Crippen LogP contribution < -0.4 is 10.9 Å². The van der Waals surface area contributed by atoms with Crippen molar-refractivity contribution in [1.29, 1.82) is 0 Å². The van der Waals surface area contributed by atoms with E-state index in [9.17, 15) is 9.59 Å². The molecule has 154 valence electrons. The first-order valence-electron chi connectivity index (χ1n) is 9.20.